The van der Waals surface area contributed by atoms with Gasteiger partial charge in [-0.15, -0.1) is 3.71 Å². The lowest BCUT2D eigenvalue weighted by Crippen LogP contribution is -2.49. The van der Waals surface area contributed by atoms with E-state index >= 15 is 0 Å². The van der Waals surface area contributed by atoms with E-state index < -0.39 is 81.6 Å². The van der Waals surface area contributed by atoms with Gasteiger partial charge in [0.15, 0.2) is 11.6 Å². The second kappa shape index (κ2) is 26.9. The number of aromatic hydroxyl groups is 2. The Morgan fingerprint density at radius 2 is 0.906 bits per heavy atom. The van der Waals surface area contributed by atoms with E-state index in [-0.39, 0.29) is 46.9 Å². The number of hydrogen-bond acceptors (Lipinski definition) is 15. The number of methoxy groups -OCH3 is 4. The Balaban J connectivity index is 0.000000195. The molecule has 0 saturated carbocycles. The molecule has 2 N–H and O–H groups in total. The molecule has 0 spiro atoms. The van der Waals surface area contributed by atoms with Crippen molar-refractivity contribution in [2.75, 3.05) is 32.1 Å². The summed E-state index contributed by atoms with van der Waals surface area (Å²) < 4.78 is 190. The number of hydrogen-bond donors (Lipinski definition) is 2. The third kappa shape index (κ3) is 15.3. The zero-order valence-electron chi connectivity index (χ0n) is 44.5. The molecule has 16 nitrogen and oxygen atoms in total. The Morgan fingerprint density at radius 3 is 1.39 bits per heavy atom. The topological polar surface area (TPSA) is 234 Å². The van der Waals surface area contributed by atoms with Crippen molar-refractivity contribution in [3.63, 3.8) is 0 Å². The van der Waals surface area contributed by atoms with Crippen LogP contribution in [0.25, 0.3) is 32.3 Å². The number of esters is 4. The molecule has 1 aliphatic rings. The summed E-state index contributed by atoms with van der Waals surface area (Å²) in [4.78, 5) is 56.1. The maximum Gasteiger partial charge on any atom is 0.517 e. The third-order valence-electron chi connectivity index (χ3n) is 12.0. The normalized spacial score (nSPS) is 12.7. The Labute approximate surface area is 476 Å². The van der Waals surface area contributed by atoms with E-state index in [1.54, 1.807) is 79.7 Å². The van der Waals surface area contributed by atoms with E-state index in [1.807, 2.05) is 0 Å². The highest BCUT2D eigenvalue weighted by Gasteiger charge is 2.61. The van der Waals surface area contributed by atoms with Crippen LogP contribution in [0, 0.1) is 18.6 Å². The van der Waals surface area contributed by atoms with Crippen molar-refractivity contribution in [1.82, 2.24) is 0 Å². The molecule has 8 aromatic rings. The monoisotopic (exact) mass is 1240 g/mol. The summed E-state index contributed by atoms with van der Waals surface area (Å²) in [6, 6.07) is 33.3. The van der Waals surface area contributed by atoms with Crippen molar-refractivity contribution in [1.29, 1.82) is 0 Å². The van der Waals surface area contributed by atoms with Crippen molar-refractivity contribution < 1.29 is 114 Å². The van der Waals surface area contributed by atoms with Crippen LogP contribution in [0.2, 0.25) is 0 Å². The number of alkyl halides is 8. The zero-order chi connectivity index (χ0) is 63.6. The number of phenolic OH excluding ortho intramolecular Hbond substituents is 2. The predicted molar refractivity (Wildman–Crippen MR) is 288 cm³/mol. The largest absolute Gasteiger partial charge is 0.517 e. The third-order valence-corrected chi connectivity index (χ3v) is 15.6. The first-order valence-electron chi connectivity index (χ1n) is 23.9. The molecule has 0 amide bonds. The van der Waals surface area contributed by atoms with Gasteiger partial charge in [0, 0.05) is 22.8 Å². The van der Waals surface area contributed by atoms with Crippen LogP contribution in [0.1, 0.15) is 64.5 Å². The number of aryl methyl sites for hydroxylation is 2. The number of phenols is 2. The van der Waals surface area contributed by atoms with Crippen LogP contribution in [0.5, 0.6) is 11.5 Å². The second-order valence-electron chi connectivity index (χ2n) is 17.5. The Bertz CT molecular complexity index is 3920. The molecular formula is C57H45F10NO15S2. The average Bonchev–Trinajstić information content (AvgIpc) is 1.24. The number of carbonyl (C=O) groups is 5. The fourth-order valence-corrected chi connectivity index (χ4v) is 10.4. The first-order chi connectivity index (χ1) is 39.7. The number of ether oxygens (including phenoxy) is 4. The van der Waals surface area contributed by atoms with Crippen molar-refractivity contribution in [2.45, 2.75) is 36.7 Å². The van der Waals surface area contributed by atoms with Crippen LogP contribution in [-0.4, -0.2) is 96.2 Å². The van der Waals surface area contributed by atoms with Gasteiger partial charge in [0.2, 0.25) is 5.78 Å². The van der Waals surface area contributed by atoms with Crippen molar-refractivity contribution >= 4 is 87.7 Å². The molecular weight excluding hydrogens is 1190 g/mol. The maximum absolute atomic E-state index is 13.7. The van der Waals surface area contributed by atoms with Gasteiger partial charge in [0.1, 0.15) is 11.6 Å². The molecule has 1 aliphatic carbocycles. The smallest absolute Gasteiger partial charge is 0.508 e. The SMILES string of the molecule is COC(=O)c1ccc2c(F)c(C)ccc2c1.COC(=O)c1ccc2c(F)c(O)ccc2c1.COC(=O)c1ccc2c(c1)CCC(=O)C2(F)F.COC(=O)c1ccc2cc(O)ccc2c1.O=S(=O)(N(c1ccccc1)S(=O)(=O)C(F)(F)F)C(F)(F)F. The van der Waals surface area contributed by atoms with Gasteiger partial charge in [-0.3, -0.25) is 4.79 Å². The number of fused-ring (bicyclic) bond motifs is 4. The van der Waals surface area contributed by atoms with E-state index in [0.29, 0.717) is 56.1 Å². The predicted octanol–water partition coefficient (Wildman–Crippen LogP) is 12.1. The van der Waals surface area contributed by atoms with Gasteiger partial charge in [-0.2, -0.15) is 52.0 Å². The first-order valence-corrected chi connectivity index (χ1v) is 26.7. The molecule has 9 rings (SSSR count). The van der Waals surface area contributed by atoms with E-state index in [1.165, 1.54) is 64.8 Å². The van der Waals surface area contributed by atoms with E-state index in [2.05, 4.69) is 18.9 Å². The van der Waals surface area contributed by atoms with Gasteiger partial charge in [0.05, 0.1) is 56.4 Å². The molecule has 0 aromatic heterocycles. The summed E-state index contributed by atoms with van der Waals surface area (Å²) in [5, 5.41) is 22.3. The molecule has 450 valence electrons. The molecule has 0 heterocycles. The molecule has 0 unspecified atom stereocenters. The van der Waals surface area contributed by atoms with Gasteiger partial charge in [0.25, 0.3) is 0 Å². The molecule has 8 aromatic carbocycles. The average molecular weight is 1240 g/mol. The summed E-state index contributed by atoms with van der Waals surface area (Å²) in [7, 11) is -8.44. The van der Waals surface area contributed by atoms with E-state index in [9.17, 15) is 94.9 Å². The standard InChI is InChI=1S/C13H11FO2.C12H10F2O3.C12H9FO3.C12H10O3.C8H5F6NO4S2/c1-8-3-4-9-7-10(13(15)16-2)5-6-11(9)12(8)14;1-17-11(16)8-2-4-9-7(6-8)3-5-10(15)12(9,13)14;1-16-12(15)8-2-4-9-7(6-8)3-5-10(14)11(9)13;1-15-12(14)10-3-2-9-7-11(13)5-4-8(9)6-10;9-7(10,11)20(16,17)15(6-4-2-1-3-5-6)21(18,19)8(12,13)14/h3-7H,1-2H3;2,4,6H,3,5H2,1H3;2-6,14H,1H3;2-7,13H,1H3;1-5H. The van der Waals surface area contributed by atoms with Gasteiger partial charge < -0.3 is 29.2 Å². The molecule has 0 radical (unpaired) electrons. The van der Waals surface area contributed by atoms with Gasteiger partial charge in [-0.1, -0.05) is 66.7 Å². The van der Waals surface area contributed by atoms with E-state index in [4.69, 9.17) is 0 Å². The van der Waals surface area contributed by atoms with Crippen LogP contribution >= 0.6 is 0 Å². The van der Waals surface area contributed by atoms with Crippen molar-refractivity contribution in [2.24, 2.45) is 0 Å². The number of Topliss-reactive ketones (excluding diaryl/α,β-unsaturated/α-hetero) is 1. The molecule has 0 atom stereocenters. The number of halogens is 10. The van der Waals surface area contributed by atoms with Crippen LogP contribution < -0.4 is 3.71 Å². The maximum atomic E-state index is 13.7. The van der Waals surface area contributed by atoms with Gasteiger partial charge >= 0.3 is 60.9 Å². The van der Waals surface area contributed by atoms with Gasteiger partial charge in [-0.05, 0) is 125 Å². The molecule has 0 bridgehead atoms. The number of carbonyl (C=O) groups excluding carboxylic acids is 5. The summed E-state index contributed by atoms with van der Waals surface area (Å²) in [6.07, 6.45) is 0.0270. The highest BCUT2D eigenvalue weighted by Crippen LogP contribution is 2.40. The van der Waals surface area contributed by atoms with Crippen molar-refractivity contribution in [3.05, 3.63) is 196 Å². The summed E-state index contributed by atoms with van der Waals surface area (Å²) in [6.45, 7) is 1.71. The lowest BCUT2D eigenvalue weighted by atomic mass is 9.86. The van der Waals surface area contributed by atoms with Crippen molar-refractivity contribution in [3.8, 4) is 11.5 Å². The Kier molecular flexibility index (Phi) is 21.1. The zero-order valence-corrected chi connectivity index (χ0v) is 46.1. The summed E-state index contributed by atoms with van der Waals surface area (Å²) in [5.74, 6) is -7.45. The minimum absolute atomic E-state index is 0.204. The van der Waals surface area contributed by atoms with Gasteiger partial charge in [-0.25, -0.2) is 28.0 Å². The minimum Gasteiger partial charge on any atom is -0.508 e. The lowest BCUT2D eigenvalue weighted by Gasteiger charge is -2.25. The van der Waals surface area contributed by atoms with Crippen LogP contribution in [-0.2, 0) is 56.1 Å². The molecule has 0 saturated heterocycles. The fourth-order valence-electron chi connectivity index (χ4n) is 7.70. The number of para-hydroxylation sites is 1. The Hall–Kier alpha value is -9.31. The number of benzene rings is 8. The Morgan fingerprint density at radius 1 is 0.506 bits per heavy atom. The molecule has 28 heteroatoms. The quantitative estimate of drug-likeness (QED) is 0.0858. The first kappa shape index (κ1) is 66.5. The fraction of sp³-hybridized carbons (Fsp3) is 0.175. The molecule has 0 fully saturated rings. The summed E-state index contributed by atoms with van der Waals surface area (Å²) in [5.41, 5.74) is -11.7. The van der Waals surface area contributed by atoms with E-state index in [0.717, 1.165) is 35.0 Å². The molecule has 85 heavy (non-hydrogen) atoms. The minimum atomic E-state index is -6.81. The number of rotatable bonds is 7. The highest BCUT2D eigenvalue weighted by molar-refractivity contribution is 8.11. The highest BCUT2D eigenvalue weighted by atomic mass is 32.3. The number of anilines is 1. The second-order valence-corrected chi connectivity index (χ2v) is 21.3. The number of ketones is 1. The lowest BCUT2D eigenvalue weighted by molar-refractivity contribution is -0.145. The van der Waals surface area contributed by atoms with Crippen LogP contribution in [0.4, 0.5) is 49.6 Å². The molecule has 0 aliphatic heterocycles. The number of nitrogens with zero attached hydrogens (tertiary/aromatic N) is 1. The summed E-state index contributed by atoms with van der Waals surface area (Å²) >= 11 is 0. The van der Waals surface area contributed by atoms with Crippen LogP contribution in [0.3, 0.4) is 0 Å². The van der Waals surface area contributed by atoms with Crippen LogP contribution in [0.15, 0.2) is 146 Å². The number of sulfonamides is 2.